The third-order valence-corrected chi connectivity index (χ3v) is 10.6. The molecule has 0 aliphatic rings. The lowest BCUT2D eigenvalue weighted by molar-refractivity contribution is -0.167. The van der Waals surface area contributed by atoms with Crippen molar-refractivity contribution in [2.24, 2.45) is 0 Å². The molecule has 6 nitrogen and oxygen atoms in total. The summed E-state index contributed by atoms with van der Waals surface area (Å²) in [5.74, 6) is -0.946. The SMILES string of the molecule is CC\C=C/C=C\C=C/C=C\CCCCCCCC(=O)OC(COC(=O)CCCCCCC/C=C\C/C=C\CC)COC(=O)CCCCCCCCCCC/C=C\C/C=C\C/C=C\CC. The van der Waals surface area contributed by atoms with Crippen LogP contribution in [0, 0.1) is 0 Å². The standard InChI is InChI=1S/C58H94O6/c1-4-7-10-13-16-19-22-25-27-28-29-30-32-33-36-39-42-45-48-51-57(60)63-54-55(53-62-56(59)50-47-44-41-38-35-24-21-18-15-12-9-6-3)64-58(61)52-49-46-43-40-37-34-31-26-23-20-17-14-11-8-5-2/h7-12,14,16-21,23,25-27,31,55H,4-6,13,15,22,24,28-30,32-54H2,1-3H3/b10-7-,11-8-,12-9-,17-14-,19-16-,21-18-,23-20-,27-25-,31-26-. The molecular weight excluding hydrogens is 793 g/mol. The molecule has 6 heteroatoms. The Labute approximate surface area is 393 Å². The van der Waals surface area contributed by atoms with Crippen LogP contribution in [0.25, 0.3) is 0 Å². The van der Waals surface area contributed by atoms with Crippen molar-refractivity contribution in [1.82, 2.24) is 0 Å². The first-order valence-electron chi connectivity index (χ1n) is 25.9. The van der Waals surface area contributed by atoms with Crippen molar-refractivity contribution in [3.05, 3.63) is 109 Å². The highest BCUT2D eigenvalue weighted by molar-refractivity contribution is 5.71. The van der Waals surface area contributed by atoms with Gasteiger partial charge in [-0.25, -0.2) is 0 Å². The third-order valence-electron chi connectivity index (χ3n) is 10.6. The normalized spacial score (nSPS) is 13.0. The van der Waals surface area contributed by atoms with Gasteiger partial charge in [0.2, 0.25) is 0 Å². The number of allylic oxidation sites excluding steroid dienone is 18. The Hall–Kier alpha value is -3.93. The van der Waals surface area contributed by atoms with E-state index in [1.807, 2.05) is 24.3 Å². The second-order valence-electron chi connectivity index (χ2n) is 16.7. The fourth-order valence-electron chi connectivity index (χ4n) is 6.80. The summed E-state index contributed by atoms with van der Waals surface area (Å²) in [5, 5.41) is 0. The van der Waals surface area contributed by atoms with Gasteiger partial charge in [-0.3, -0.25) is 14.4 Å². The van der Waals surface area contributed by atoms with E-state index in [0.29, 0.717) is 19.3 Å². The average Bonchev–Trinajstić information content (AvgIpc) is 3.29. The zero-order valence-electron chi connectivity index (χ0n) is 41.3. The Balaban J connectivity index is 4.42. The summed E-state index contributed by atoms with van der Waals surface area (Å²) in [6.45, 7) is 6.23. The Kier molecular flexibility index (Phi) is 48.5. The molecule has 0 heterocycles. The minimum Gasteiger partial charge on any atom is -0.462 e. The third kappa shape index (κ3) is 49.1. The summed E-state index contributed by atoms with van der Waals surface area (Å²) in [5.41, 5.74) is 0. The van der Waals surface area contributed by atoms with Crippen molar-refractivity contribution < 1.29 is 28.6 Å². The average molecular weight is 887 g/mol. The summed E-state index contributed by atoms with van der Waals surface area (Å²) in [6.07, 6.45) is 69.3. The number of carbonyl (C=O) groups is 3. The summed E-state index contributed by atoms with van der Waals surface area (Å²) < 4.78 is 16.8. The van der Waals surface area contributed by atoms with Gasteiger partial charge in [0.05, 0.1) is 0 Å². The smallest absolute Gasteiger partial charge is 0.306 e. The van der Waals surface area contributed by atoms with Crippen LogP contribution in [0.4, 0.5) is 0 Å². The van der Waals surface area contributed by atoms with Crippen LogP contribution in [0.1, 0.15) is 220 Å². The Morgan fingerprint density at radius 1 is 0.328 bits per heavy atom. The quantitative estimate of drug-likeness (QED) is 0.0199. The molecule has 0 saturated heterocycles. The first-order chi connectivity index (χ1) is 31.5. The number of esters is 3. The maximum absolute atomic E-state index is 12.8. The highest BCUT2D eigenvalue weighted by Gasteiger charge is 2.19. The topological polar surface area (TPSA) is 78.9 Å². The first-order valence-corrected chi connectivity index (χ1v) is 25.9. The molecule has 0 aliphatic heterocycles. The predicted octanol–water partition coefficient (Wildman–Crippen LogP) is 17.1. The van der Waals surface area contributed by atoms with Crippen LogP contribution in [0.2, 0.25) is 0 Å². The van der Waals surface area contributed by atoms with Gasteiger partial charge in [0.1, 0.15) is 13.2 Å². The van der Waals surface area contributed by atoms with Gasteiger partial charge >= 0.3 is 17.9 Å². The summed E-state index contributed by atoms with van der Waals surface area (Å²) in [7, 11) is 0. The highest BCUT2D eigenvalue weighted by atomic mass is 16.6. The van der Waals surface area contributed by atoms with Gasteiger partial charge in [-0.1, -0.05) is 214 Å². The molecule has 1 atom stereocenters. The number of carbonyl (C=O) groups excluding carboxylic acids is 3. The monoisotopic (exact) mass is 887 g/mol. The molecule has 0 amide bonds. The van der Waals surface area contributed by atoms with E-state index in [0.717, 1.165) is 135 Å². The van der Waals surface area contributed by atoms with E-state index in [1.165, 1.54) is 44.9 Å². The van der Waals surface area contributed by atoms with Gasteiger partial charge in [0, 0.05) is 19.3 Å². The van der Waals surface area contributed by atoms with Crippen LogP contribution in [0.3, 0.4) is 0 Å². The second-order valence-corrected chi connectivity index (χ2v) is 16.7. The number of unbranched alkanes of at least 4 members (excludes halogenated alkanes) is 19. The summed E-state index contributed by atoms with van der Waals surface area (Å²) in [4.78, 5) is 38.0. The fourth-order valence-corrected chi connectivity index (χ4v) is 6.80. The second kappa shape index (κ2) is 51.7. The molecular formula is C58H94O6. The zero-order chi connectivity index (χ0) is 46.5. The lowest BCUT2D eigenvalue weighted by Crippen LogP contribution is -2.30. The molecule has 0 aromatic rings. The molecule has 0 aromatic carbocycles. The molecule has 0 saturated carbocycles. The van der Waals surface area contributed by atoms with Crippen LogP contribution in [-0.2, 0) is 28.6 Å². The molecule has 0 spiro atoms. The molecule has 362 valence electrons. The largest absolute Gasteiger partial charge is 0.462 e. The molecule has 0 aromatic heterocycles. The van der Waals surface area contributed by atoms with Crippen molar-refractivity contribution in [2.45, 2.75) is 226 Å². The minimum absolute atomic E-state index is 0.0974. The lowest BCUT2D eigenvalue weighted by Gasteiger charge is -2.18. The molecule has 0 rings (SSSR count). The van der Waals surface area contributed by atoms with Crippen LogP contribution in [0.5, 0.6) is 0 Å². The van der Waals surface area contributed by atoms with Gasteiger partial charge in [0.15, 0.2) is 6.10 Å². The highest BCUT2D eigenvalue weighted by Crippen LogP contribution is 2.14. The van der Waals surface area contributed by atoms with Crippen molar-refractivity contribution in [1.29, 1.82) is 0 Å². The Morgan fingerprint density at radius 2 is 0.641 bits per heavy atom. The summed E-state index contributed by atoms with van der Waals surface area (Å²) in [6, 6.07) is 0. The van der Waals surface area contributed by atoms with Crippen LogP contribution in [0.15, 0.2) is 109 Å². The van der Waals surface area contributed by atoms with Gasteiger partial charge in [-0.2, -0.15) is 0 Å². The number of ether oxygens (including phenoxy) is 3. The van der Waals surface area contributed by atoms with E-state index < -0.39 is 6.10 Å². The predicted molar refractivity (Wildman–Crippen MR) is 274 cm³/mol. The Bertz CT molecular complexity index is 1340. The number of hydrogen-bond acceptors (Lipinski definition) is 6. The van der Waals surface area contributed by atoms with E-state index in [-0.39, 0.29) is 31.1 Å². The molecule has 0 aliphatic carbocycles. The first kappa shape index (κ1) is 60.1. The zero-order valence-corrected chi connectivity index (χ0v) is 41.3. The van der Waals surface area contributed by atoms with E-state index in [2.05, 4.69) is 106 Å². The number of rotatable bonds is 45. The molecule has 1 unspecified atom stereocenters. The van der Waals surface area contributed by atoms with Crippen molar-refractivity contribution in [3.63, 3.8) is 0 Å². The van der Waals surface area contributed by atoms with Crippen molar-refractivity contribution >= 4 is 17.9 Å². The van der Waals surface area contributed by atoms with E-state index in [9.17, 15) is 14.4 Å². The van der Waals surface area contributed by atoms with Crippen molar-refractivity contribution in [3.8, 4) is 0 Å². The van der Waals surface area contributed by atoms with E-state index in [1.54, 1.807) is 0 Å². The molecule has 0 fully saturated rings. The lowest BCUT2D eigenvalue weighted by atomic mass is 10.1. The van der Waals surface area contributed by atoms with Crippen LogP contribution in [-0.4, -0.2) is 37.2 Å². The molecule has 0 N–H and O–H groups in total. The number of hydrogen-bond donors (Lipinski definition) is 0. The van der Waals surface area contributed by atoms with E-state index in [4.69, 9.17) is 14.2 Å². The van der Waals surface area contributed by atoms with Crippen LogP contribution >= 0.6 is 0 Å². The molecule has 64 heavy (non-hydrogen) atoms. The molecule has 0 bridgehead atoms. The van der Waals surface area contributed by atoms with Gasteiger partial charge < -0.3 is 14.2 Å². The van der Waals surface area contributed by atoms with Gasteiger partial charge in [-0.15, -0.1) is 0 Å². The van der Waals surface area contributed by atoms with Gasteiger partial charge in [0.25, 0.3) is 0 Å². The minimum atomic E-state index is -0.800. The maximum Gasteiger partial charge on any atom is 0.306 e. The summed E-state index contributed by atoms with van der Waals surface area (Å²) >= 11 is 0. The Morgan fingerprint density at radius 3 is 1.06 bits per heavy atom. The molecule has 0 radical (unpaired) electrons. The van der Waals surface area contributed by atoms with E-state index >= 15 is 0 Å². The fraction of sp³-hybridized carbons (Fsp3) is 0.638. The van der Waals surface area contributed by atoms with Crippen LogP contribution < -0.4 is 0 Å². The van der Waals surface area contributed by atoms with Gasteiger partial charge in [-0.05, 0) is 96.3 Å². The maximum atomic E-state index is 12.8. The van der Waals surface area contributed by atoms with Crippen molar-refractivity contribution in [2.75, 3.05) is 13.2 Å².